The van der Waals surface area contributed by atoms with Crippen LogP contribution >= 0.6 is 0 Å². The zero-order chi connectivity index (χ0) is 20.5. The van der Waals surface area contributed by atoms with E-state index < -0.39 is 27.9 Å². The molecule has 148 valence electrons. The Labute approximate surface area is 162 Å². The quantitative estimate of drug-likeness (QED) is 0.828. The molecule has 1 aliphatic heterocycles. The molecule has 2 aromatic rings. The minimum Gasteiger partial charge on any atom is -0.382 e. The van der Waals surface area contributed by atoms with Gasteiger partial charge in [0.05, 0.1) is 10.6 Å². The lowest BCUT2D eigenvalue weighted by Crippen LogP contribution is -2.28. The van der Waals surface area contributed by atoms with Crippen molar-refractivity contribution in [2.24, 2.45) is 5.16 Å². The number of sulfonamides is 1. The van der Waals surface area contributed by atoms with Gasteiger partial charge in [0, 0.05) is 31.8 Å². The van der Waals surface area contributed by atoms with Crippen LogP contribution in [0.1, 0.15) is 17.5 Å². The van der Waals surface area contributed by atoms with Gasteiger partial charge < -0.3 is 10.2 Å². The summed E-state index contributed by atoms with van der Waals surface area (Å²) in [4.78, 5) is 17.8. The summed E-state index contributed by atoms with van der Waals surface area (Å²) in [7, 11) is -0.757. The number of nitrogens with one attached hydrogen (secondary N) is 1. The monoisotopic (exact) mass is 405 g/mol. The van der Waals surface area contributed by atoms with Gasteiger partial charge in [-0.15, -0.1) is 0 Å². The SMILES string of the molecule is Cc1ccc(NC(=O)[C@@H]2CC(c3cccc(F)c3)=NO2)cc1S(=O)(=O)N(C)C. The molecule has 0 radical (unpaired) electrons. The third kappa shape index (κ3) is 4.05. The predicted molar refractivity (Wildman–Crippen MR) is 103 cm³/mol. The lowest BCUT2D eigenvalue weighted by Gasteiger charge is -2.15. The number of aryl methyl sites for hydroxylation is 1. The molecule has 1 atom stereocenters. The number of carbonyl (C=O) groups is 1. The maximum atomic E-state index is 13.4. The topological polar surface area (TPSA) is 88.1 Å². The highest BCUT2D eigenvalue weighted by Gasteiger charge is 2.29. The molecule has 0 unspecified atom stereocenters. The highest BCUT2D eigenvalue weighted by atomic mass is 32.2. The Morgan fingerprint density at radius 3 is 2.68 bits per heavy atom. The molecular weight excluding hydrogens is 385 g/mol. The van der Waals surface area contributed by atoms with Crippen LogP contribution in [0, 0.1) is 12.7 Å². The van der Waals surface area contributed by atoms with Gasteiger partial charge in [0.15, 0.2) is 0 Å². The van der Waals surface area contributed by atoms with E-state index >= 15 is 0 Å². The predicted octanol–water partition coefficient (Wildman–Crippen LogP) is 2.52. The van der Waals surface area contributed by atoms with E-state index in [-0.39, 0.29) is 11.3 Å². The summed E-state index contributed by atoms with van der Waals surface area (Å²) in [5.74, 6) is -0.866. The van der Waals surface area contributed by atoms with Crippen molar-refractivity contribution in [3.8, 4) is 0 Å². The molecule has 2 aromatic carbocycles. The summed E-state index contributed by atoms with van der Waals surface area (Å²) in [6, 6.07) is 10.5. The highest BCUT2D eigenvalue weighted by molar-refractivity contribution is 7.89. The van der Waals surface area contributed by atoms with E-state index in [2.05, 4.69) is 10.5 Å². The molecule has 28 heavy (non-hydrogen) atoms. The third-order valence-electron chi connectivity index (χ3n) is 4.33. The van der Waals surface area contributed by atoms with E-state index in [1.54, 1.807) is 31.2 Å². The first-order valence-electron chi connectivity index (χ1n) is 8.51. The number of hydrogen-bond acceptors (Lipinski definition) is 5. The molecule has 0 fully saturated rings. The van der Waals surface area contributed by atoms with Gasteiger partial charge in [0.2, 0.25) is 16.1 Å². The summed E-state index contributed by atoms with van der Waals surface area (Å²) in [6.45, 7) is 1.68. The summed E-state index contributed by atoms with van der Waals surface area (Å²) in [6.07, 6.45) is -0.697. The van der Waals surface area contributed by atoms with Crippen molar-refractivity contribution in [3.05, 3.63) is 59.4 Å². The normalized spacial score (nSPS) is 16.6. The summed E-state index contributed by atoms with van der Waals surface area (Å²) < 4.78 is 39.3. The third-order valence-corrected chi connectivity index (χ3v) is 6.29. The number of anilines is 1. The van der Waals surface area contributed by atoms with Gasteiger partial charge in [-0.25, -0.2) is 17.1 Å². The van der Waals surface area contributed by atoms with Crippen LogP contribution < -0.4 is 5.32 Å². The number of oxime groups is 1. The van der Waals surface area contributed by atoms with Gasteiger partial charge in [0.1, 0.15) is 5.82 Å². The second kappa shape index (κ2) is 7.69. The van der Waals surface area contributed by atoms with Gasteiger partial charge in [0.25, 0.3) is 5.91 Å². The van der Waals surface area contributed by atoms with Crippen LogP contribution in [0.5, 0.6) is 0 Å². The van der Waals surface area contributed by atoms with Crippen molar-refractivity contribution in [1.29, 1.82) is 0 Å². The summed E-state index contributed by atoms with van der Waals surface area (Å²) in [5, 5.41) is 6.52. The van der Waals surface area contributed by atoms with E-state index in [1.165, 1.54) is 32.3 Å². The maximum absolute atomic E-state index is 13.4. The van der Waals surface area contributed by atoms with Crippen LogP contribution in [0.15, 0.2) is 52.5 Å². The molecule has 1 amide bonds. The van der Waals surface area contributed by atoms with Gasteiger partial charge >= 0.3 is 0 Å². The van der Waals surface area contributed by atoms with Crippen molar-refractivity contribution in [1.82, 2.24) is 4.31 Å². The van der Waals surface area contributed by atoms with Crippen LogP contribution in [-0.2, 0) is 19.7 Å². The Bertz CT molecular complexity index is 1050. The molecule has 0 aromatic heterocycles. The second-order valence-electron chi connectivity index (χ2n) is 6.60. The Balaban J connectivity index is 1.73. The number of amides is 1. The molecule has 0 saturated heterocycles. The minimum atomic E-state index is -3.64. The van der Waals surface area contributed by atoms with Crippen LogP contribution in [-0.4, -0.2) is 44.5 Å². The largest absolute Gasteiger partial charge is 0.382 e. The molecule has 1 aliphatic rings. The van der Waals surface area contributed by atoms with Gasteiger partial charge in [-0.05, 0) is 36.8 Å². The molecule has 0 aliphatic carbocycles. The van der Waals surface area contributed by atoms with E-state index in [9.17, 15) is 17.6 Å². The highest BCUT2D eigenvalue weighted by Crippen LogP contribution is 2.24. The van der Waals surface area contributed by atoms with Crippen molar-refractivity contribution < 1.29 is 22.4 Å². The van der Waals surface area contributed by atoms with Crippen LogP contribution in [0.25, 0.3) is 0 Å². The molecule has 0 spiro atoms. The molecule has 7 nitrogen and oxygen atoms in total. The smallest absolute Gasteiger partial charge is 0.268 e. The standard InChI is InChI=1S/C19H20FN3O4S/c1-12-7-8-15(10-18(12)28(25,26)23(2)3)21-19(24)17-11-16(22-27-17)13-5-4-6-14(20)9-13/h4-10,17H,11H2,1-3H3,(H,21,24)/t17-/m0/s1. The van der Waals surface area contributed by atoms with Crippen LogP contribution in [0.2, 0.25) is 0 Å². The van der Waals surface area contributed by atoms with Gasteiger partial charge in [-0.3, -0.25) is 4.79 Å². The molecule has 3 rings (SSSR count). The molecule has 1 heterocycles. The van der Waals surface area contributed by atoms with E-state index in [0.717, 1.165) is 4.31 Å². The zero-order valence-electron chi connectivity index (χ0n) is 15.6. The van der Waals surface area contributed by atoms with Crippen LogP contribution in [0.4, 0.5) is 10.1 Å². The van der Waals surface area contributed by atoms with Gasteiger partial charge in [-0.1, -0.05) is 23.4 Å². The number of nitrogens with zero attached hydrogens (tertiary/aromatic N) is 2. The van der Waals surface area contributed by atoms with Crippen molar-refractivity contribution in [3.63, 3.8) is 0 Å². The van der Waals surface area contributed by atoms with E-state index in [1.807, 2.05) is 0 Å². The molecule has 1 N–H and O–H groups in total. The van der Waals surface area contributed by atoms with E-state index in [4.69, 9.17) is 4.84 Å². The first-order valence-corrected chi connectivity index (χ1v) is 9.95. The fraction of sp³-hybridized carbons (Fsp3) is 0.263. The van der Waals surface area contributed by atoms with Crippen molar-refractivity contribution >= 4 is 27.3 Å². The fourth-order valence-corrected chi connectivity index (χ4v) is 3.88. The zero-order valence-corrected chi connectivity index (χ0v) is 16.5. The van der Waals surface area contributed by atoms with Crippen LogP contribution in [0.3, 0.4) is 0 Å². The minimum absolute atomic E-state index is 0.111. The molecular formula is C19H20FN3O4S. The van der Waals surface area contributed by atoms with Crippen molar-refractivity contribution in [2.75, 3.05) is 19.4 Å². The second-order valence-corrected chi connectivity index (χ2v) is 8.72. The number of rotatable bonds is 5. The Hall–Kier alpha value is -2.78. The number of benzene rings is 2. The number of hydrogen-bond donors (Lipinski definition) is 1. The average molecular weight is 405 g/mol. The number of carbonyl (C=O) groups excluding carboxylic acids is 1. The lowest BCUT2D eigenvalue weighted by atomic mass is 10.0. The molecule has 0 bridgehead atoms. The van der Waals surface area contributed by atoms with E-state index in [0.29, 0.717) is 22.5 Å². The van der Waals surface area contributed by atoms with Gasteiger partial charge in [-0.2, -0.15) is 0 Å². The first-order chi connectivity index (χ1) is 13.2. The van der Waals surface area contributed by atoms with Crippen molar-refractivity contribution in [2.45, 2.75) is 24.3 Å². The number of halogens is 1. The average Bonchev–Trinajstić information content (AvgIpc) is 3.13. The lowest BCUT2D eigenvalue weighted by molar-refractivity contribution is -0.125. The maximum Gasteiger partial charge on any atom is 0.268 e. The first kappa shape index (κ1) is 20.0. The fourth-order valence-electron chi connectivity index (χ4n) is 2.73. The summed E-state index contributed by atoms with van der Waals surface area (Å²) in [5.41, 5.74) is 1.92. The Morgan fingerprint density at radius 2 is 2.00 bits per heavy atom. The molecule has 9 heteroatoms. The summed E-state index contributed by atoms with van der Waals surface area (Å²) >= 11 is 0. The Kier molecular flexibility index (Phi) is 5.48. The molecule has 0 saturated carbocycles. The Morgan fingerprint density at radius 1 is 1.25 bits per heavy atom.